The van der Waals surface area contributed by atoms with Gasteiger partial charge in [-0.25, -0.2) is 25.6 Å². The summed E-state index contributed by atoms with van der Waals surface area (Å²) < 4.78 is 184. The summed E-state index contributed by atoms with van der Waals surface area (Å²) in [7, 11) is -8.34. The molecule has 2 N–H and O–H groups in total. The Morgan fingerprint density at radius 3 is 1.28 bits per heavy atom. The van der Waals surface area contributed by atoms with Crippen LogP contribution in [0.1, 0.15) is 22.5 Å². The molecule has 10 aromatic rings. The Kier molecular flexibility index (Phi) is 15.3. The third-order valence-corrected chi connectivity index (χ3v) is 14.4. The topological polar surface area (TPSA) is 146 Å². The van der Waals surface area contributed by atoms with Crippen LogP contribution < -0.4 is 23.7 Å². The van der Waals surface area contributed by atoms with Gasteiger partial charge in [-0.05, 0) is 110 Å². The molecule has 2 heterocycles. The molecule has 0 radical (unpaired) electrons. The number of alkyl halides is 6. The summed E-state index contributed by atoms with van der Waals surface area (Å²) in [6.45, 7) is 3.03. The highest BCUT2D eigenvalue weighted by molar-refractivity contribution is 7.93. The lowest BCUT2D eigenvalue weighted by molar-refractivity contribution is -0.137. The summed E-state index contributed by atoms with van der Waals surface area (Å²) in [6, 6.07) is 46.8. The average molecular weight is 1120 g/mol. The normalized spacial score (nSPS) is 11.9. The molecule has 0 bridgehead atoms. The van der Waals surface area contributed by atoms with E-state index in [0.29, 0.717) is 11.3 Å². The summed E-state index contributed by atoms with van der Waals surface area (Å²) in [5, 5.41) is 0.183. The molecule has 2 aromatic heterocycles. The fraction of sp³-hybridized carbons (Fsp3) is 0.0690. The lowest BCUT2D eigenvalue weighted by Gasteiger charge is -2.15. The predicted octanol–water partition coefficient (Wildman–Crippen LogP) is 16.0. The number of nitrogens with one attached hydrogen (secondary N) is 2. The van der Waals surface area contributed by atoms with Gasteiger partial charge in [-0.3, -0.25) is 19.4 Å². The van der Waals surface area contributed by atoms with Crippen molar-refractivity contribution in [2.45, 2.75) is 36.0 Å². The van der Waals surface area contributed by atoms with E-state index >= 15 is 0 Å². The number of hydrogen-bond donors (Lipinski definition) is 2. The number of hydrogen-bond acceptors (Lipinski definition) is 9. The highest BCUT2D eigenvalue weighted by atomic mass is 32.2. The van der Waals surface area contributed by atoms with Gasteiger partial charge in [0, 0.05) is 52.5 Å². The number of aromatic nitrogens is 2. The molecule has 8 aromatic carbocycles. The summed E-state index contributed by atoms with van der Waals surface area (Å²) in [6.07, 6.45) is -9.25. The smallest absolute Gasteiger partial charge is 0.418 e. The number of ether oxygens (including phenoxy) is 3. The van der Waals surface area contributed by atoms with Gasteiger partial charge in [0.05, 0.1) is 43.3 Å². The van der Waals surface area contributed by atoms with Gasteiger partial charge < -0.3 is 14.2 Å². The standard InChI is InChI=1S/C29H20F4N2O4S.C29H20F4N2O3S/c1-18-15-27(23-11-6-12-24(28(23)34-18)29(31,32)33)39-21-13-14-26(25(30)17-21)35-40(36,37)22-10-5-9-20(16-22)38-19-7-3-2-4-8-19;1-18-15-27(23-11-6-12-24(28(23)34-18)29(31,32)33)38-21-13-14-26(25(30)17-21)35-39(36,37)22-10-5-9-20(16-22)19-7-3-2-4-8-19/h2-17,35H,1H3;2-17,35H,1H3. The summed E-state index contributed by atoms with van der Waals surface area (Å²) in [5.41, 5.74) is -1.05. The molecule has 0 aliphatic rings. The van der Waals surface area contributed by atoms with Crippen LogP contribution in [0.3, 0.4) is 0 Å². The van der Waals surface area contributed by atoms with Crippen LogP contribution in [-0.4, -0.2) is 26.8 Å². The zero-order chi connectivity index (χ0) is 56.3. The minimum absolute atomic E-state index is 0.0363. The molecule has 0 saturated carbocycles. The Morgan fingerprint density at radius 2 is 0.810 bits per heavy atom. The van der Waals surface area contributed by atoms with Gasteiger partial charge >= 0.3 is 12.4 Å². The first-order valence-corrected chi connectivity index (χ1v) is 26.4. The molecular weight excluding hydrogens is 1080 g/mol. The number of pyridine rings is 2. The van der Waals surface area contributed by atoms with Crippen molar-refractivity contribution in [2.75, 3.05) is 9.44 Å². The third-order valence-electron chi connectivity index (χ3n) is 11.6. The SMILES string of the molecule is Cc1cc(Oc2ccc(NS(=O)(=O)c3cccc(-c4ccccc4)c3)c(F)c2)c2cccc(C(F)(F)F)c2n1.Cc1cc(Oc2ccc(NS(=O)(=O)c3cccc(Oc4ccccc4)c3)c(F)c2)c2cccc(C(F)(F)F)c2n1. The second-order valence-electron chi connectivity index (χ2n) is 17.4. The lowest BCUT2D eigenvalue weighted by Crippen LogP contribution is -2.14. The third kappa shape index (κ3) is 12.9. The molecule has 402 valence electrons. The van der Waals surface area contributed by atoms with Gasteiger partial charge in [0.1, 0.15) is 34.5 Å². The monoisotopic (exact) mass is 1120 g/mol. The highest BCUT2D eigenvalue weighted by Gasteiger charge is 2.35. The van der Waals surface area contributed by atoms with E-state index in [1.807, 2.05) is 36.4 Å². The van der Waals surface area contributed by atoms with Crippen molar-refractivity contribution < 1.29 is 66.2 Å². The molecule has 10 rings (SSSR count). The van der Waals surface area contributed by atoms with E-state index in [-0.39, 0.29) is 83.1 Å². The first kappa shape index (κ1) is 54.7. The Bertz CT molecular complexity index is 4140. The Morgan fingerprint density at radius 1 is 0.405 bits per heavy atom. The van der Waals surface area contributed by atoms with Gasteiger partial charge in [0.2, 0.25) is 0 Å². The highest BCUT2D eigenvalue weighted by Crippen LogP contribution is 2.41. The summed E-state index contributed by atoms with van der Waals surface area (Å²) in [4.78, 5) is 7.83. The molecule has 0 amide bonds. The number of halogens is 8. The quantitative estimate of drug-likeness (QED) is 0.108. The van der Waals surface area contributed by atoms with Crippen molar-refractivity contribution in [3.05, 3.63) is 228 Å². The zero-order valence-corrected chi connectivity index (χ0v) is 42.7. The van der Waals surface area contributed by atoms with Crippen LogP contribution in [-0.2, 0) is 32.4 Å². The fourth-order valence-corrected chi connectivity index (χ4v) is 10.3. The molecule has 0 unspecified atom stereocenters. The van der Waals surface area contributed by atoms with Crippen LogP contribution >= 0.6 is 0 Å². The Balaban J connectivity index is 0.000000192. The van der Waals surface area contributed by atoms with Crippen LogP contribution in [0, 0.1) is 25.5 Å². The Labute approximate surface area is 446 Å². The molecule has 0 atom stereocenters. The van der Waals surface area contributed by atoms with Gasteiger partial charge in [-0.2, -0.15) is 26.3 Å². The molecule has 21 heteroatoms. The van der Waals surface area contributed by atoms with E-state index in [9.17, 15) is 52.0 Å². The van der Waals surface area contributed by atoms with Gasteiger partial charge in [0.15, 0.2) is 11.6 Å². The van der Waals surface area contributed by atoms with E-state index in [1.165, 1.54) is 98.8 Å². The van der Waals surface area contributed by atoms with Crippen molar-refractivity contribution >= 4 is 53.2 Å². The number of nitrogens with zero attached hydrogens (tertiary/aromatic N) is 2. The van der Waals surface area contributed by atoms with Crippen LogP contribution in [0.15, 0.2) is 204 Å². The summed E-state index contributed by atoms with van der Waals surface area (Å²) >= 11 is 0. The number of aryl methyl sites for hydroxylation is 2. The fourth-order valence-electron chi connectivity index (χ4n) is 8.05. The van der Waals surface area contributed by atoms with Crippen LogP contribution in [0.5, 0.6) is 34.5 Å². The number of para-hydroxylation sites is 3. The van der Waals surface area contributed by atoms with Gasteiger partial charge in [-0.1, -0.05) is 78.9 Å². The predicted molar refractivity (Wildman–Crippen MR) is 282 cm³/mol. The second kappa shape index (κ2) is 22.1. The molecular formula is C58H40F8N4O7S2. The second-order valence-corrected chi connectivity index (χ2v) is 20.8. The molecule has 0 aliphatic heterocycles. The van der Waals surface area contributed by atoms with Crippen molar-refractivity contribution in [2.24, 2.45) is 0 Å². The molecule has 0 spiro atoms. The lowest BCUT2D eigenvalue weighted by atomic mass is 10.1. The van der Waals surface area contributed by atoms with Crippen molar-refractivity contribution in [3.8, 4) is 45.6 Å². The average Bonchev–Trinajstić information content (AvgIpc) is 3.45. The van der Waals surface area contributed by atoms with E-state index in [0.717, 1.165) is 35.9 Å². The number of sulfonamides is 2. The van der Waals surface area contributed by atoms with Crippen LogP contribution in [0.25, 0.3) is 32.9 Å². The van der Waals surface area contributed by atoms with Crippen molar-refractivity contribution in [3.63, 3.8) is 0 Å². The molecule has 0 saturated heterocycles. The first-order chi connectivity index (χ1) is 37.5. The number of benzene rings is 8. The maximum Gasteiger partial charge on any atom is 0.418 e. The molecule has 11 nitrogen and oxygen atoms in total. The van der Waals surface area contributed by atoms with E-state index in [1.54, 1.807) is 42.5 Å². The van der Waals surface area contributed by atoms with E-state index in [4.69, 9.17) is 14.2 Å². The molecule has 79 heavy (non-hydrogen) atoms. The van der Waals surface area contributed by atoms with E-state index < -0.39 is 55.2 Å². The maximum atomic E-state index is 15.0. The van der Waals surface area contributed by atoms with Crippen molar-refractivity contribution in [1.29, 1.82) is 0 Å². The number of anilines is 2. The summed E-state index contributed by atoms with van der Waals surface area (Å²) in [5.74, 6) is -1.10. The largest absolute Gasteiger partial charge is 0.457 e. The van der Waals surface area contributed by atoms with E-state index in [2.05, 4.69) is 19.4 Å². The minimum Gasteiger partial charge on any atom is -0.457 e. The van der Waals surface area contributed by atoms with Crippen LogP contribution in [0.2, 0.25) is 0 Å². The zero-order valence-electron chi connectivity index (χ0n) is 41.1. The maximum absolute atomic E-state index is 15.0. The molecule has 0 fully saturated rings. The van der Waals surface area contributed by atoms with Gasteiger partial charge in [-0.15, -0.1) is 0 Å². The molecule has 0 aliphatic carbocycles. The minimum atomic E-state index is -4.63. The first-order valence-electron chi connectivity index (χ1n) is 23.4. The number of rotatable bonds is 13. The van der Waals surface area contributed by atoms with Gasteiger partial charge in [0.25, 0.3) is 20.0 Å². The van der Waals surface area contributed by atoms with Crippen molar-refractivity contribution in [1.82, 2.24) is 9.97 Å². The number of fused-ring (bicyclic) bond motifs is 2. The van der Waals surface area contributed by atoms with Crippen LogP contribution in [0.4, 0.5) is 46.5 Å². The Hall–Kier alpha value is -9.08.